The van der Waals surface area contributed by atoms with Gasteiger partial charge in [-0.1, -0.05) is 0 Å². The Labute approximate surface area is 96.7 Å². The Bertz CT molecular complexity index is 241. The highest BCUT2D eigenvalue weighted by Gasteiger charge is 2.25. The van der Waals surface area contributed by atoms with Crippen LogP contribution in [0.1, 0.15) is 34.1 Å². The second-order valence-corrected chi connectivity index (χ2v) is 4.52. The number of esters is 1. The molecule has 0 atom stereocenters. The maximum atomic E-state index is 11.1. The molecule has 1 aliphatic heterocycles. The molecule has 0 spiro atoms. The Kier molecular flexibility index (Phi) is 5.85. The molecule has 0 bridgehead atoms. The lowest BCUT2D eigenvalue weighted by molar-refractivity contribution is -0.137. The van der Waals surface area contributed by atoms with Crippen LogP contribution >= 0.6 is 0 Å². The topological polar surface area (TPSA) is 55.8 Å². The molecule has 0 N–H and O–H groups in total. The quantitative estimate of drug-likeness (QED) is 0.596. The van der Waals surface area contributed by atoms with E-state index in [1.54, 1.807) is 4.90 Å². The lowest BCUT2D eigenvalue weighted by atomic mass is 10.2. The van der Waals surface area contributed by atoms with E-state index in [0.29, 0.717) is 0 Å². The van der Waals surface area contributed by atoms with Crippen molar-refractivity contribution in [3.05, 3.63) is 0 Å². The van der Waals surface area contributed by atoms with Gasteiger partial charge in [0.05, 0.1) is 7.11 Å². The van der Waals surface area contributed by atoms with E-state index in [1.807, 2.05) is 20.8 Å². The van der Waals surface area contributed by atoms with Crippen molar-refractivity contribution < 1.29 is 19.1 Å². The second-order valence-electron chi connectivity index (χ2n) is 4.52. The lowest BCUT2D eigenvalue weighted by Crippen LogP contribution is -2.44. The van der Waals surface area contributed by atoms with Crippen LogP contribution in [0.4, 0.5) is 4.79 Å². The van der Waals surface area contributed by atoms with Gasteiger partial charge in [0.25, 0.3) is 0 Å². The Hall–Kier alpha value is -1.26. The number of likely N-dealkylation sites (tertiary alicyclic amines) is 1. The van der Waals surface area contributed by atoms with Gasteiger partial charge < -0.3 is 14.4 Å². The van der Waals surface area contributed by atoms with Crippen LogP contribution in [-0.4, -0.2) is 42.8 Å². The molecule has 5 heteroatoms. The number of hydrogen-bond acceptors (Lipinski definition) is 4. The normalized spacial score (nSPS) is 14.2. The zero-order valence-electron chi connectivity index (χ0n) is 10.7. The smallest absolute Gasteiger partial charge is 0.410 e. The minimum absolute atomic E-state index is 0.177. The van der Waals surface area contributed by atoms with Crippen LogP contribution in [0.3, 0.4) is 0 Å². The van der Waals surface area contributed by atoms with Crippen molar-refractivity contribution in [3.8, 4) is 0 Å². The van der Waals surface area contributed by atoms with E-state index in [0.717, 1.165) is 19.5 Å². The van der Waals surface area contributed by atoms with Gasteiger partial charge in [0.15, 0.2) is 0 Å². The Morgan fingerprint density at radius 1 is 1.19 bits per heavy atom. The number of ether oxygens (including phenoxy) is 2. The number of hydrogen-bond donors (Lipinski definition) is 0. The summed E-state index contributed by atoms with van der Waals surface area (Å²) < 4.78 is 9.24. The highest BCUT2D eigenvalue weighted by atomic mass is 16.6. The molecule has 1 amide bonds. The van der Waals surface area contributed by atoms with E-state index in [-0.39, 0.29) is 17.7 Å². The van der Waals surface area contributed by atoms with E-state index in [2.05, 4.69) is 4.74 Å². The standard InChI is InChI=1S/C8H15NO2.C3H6O2/c1-8(2,3)11-7(10)9-5-4-6-9;1-3(4)5-2/h4-6H2,1-3H3;1-2H3. The summed E-state index contributed by atoms with van der Waals surface area (Å²) in [4.78, 5) is 22.4. The number of nitrogens with zero attached hydrogens (tertiary/aromatic N) is 1. The van der Waals surface area contributed by atoms with E-state index in [9.17, 15) is 9.59 Å². The van der Waals surface area contributed by atoms with E-state index < -0.39 is 0 Å². The number of amides is 1. The fourth-order valence-corrected chi connectivity index (χ4v) is 0.825. The Morgan fingerprint density at radius 3 is 1.81 bits per heavy atom. The highest BCUT2D eigenvalue weighted by molar-refractivity contribution is 5.68. The average Bonchev–Trinajstić information content (AvgIpc) is 1.97. The molecule has 0 aromatic rings. The van der Waals surface area contributed by atoms with Crippen LogP contribution in [-0.2, 0) is 14.3 Å². The zero-order chi connectivity index (χ0) is 12.8. The minimum Gasteiger partial charge on any atom is -0.469 e. The predicted molar refractivity (Wildman–Crippen MR) is 60.1 cm³/mol. The maximum Gasteiger partial charge on any atom is 0.410 e. The van der Waals surface area contributed by atoms with Crippen LogP contribution in [0.5, 0.6) is 0 Å². The third kappa shape index (κ3) is 7.09. The van der Waals surface area contributed by atoms with E-state index in [1.165, 1.54) is 14.0 Å². The Morgan fingerprint density at radius 2 is 1.62 bits per heavy atom. The summed E-state index contributed by atoms with van der Waals surface area (Å²) in [5.41, 5.74) is -0.354. The second kappa shape index (κ2) is 6.35. The van der Waals surface area contributed by atoms with E-state index in [4.69, 9.17) is 4.74 Å². The maximum absolute atomic E-state index is 11.1. The molecule has 16 heavy (non-hydrogen) atoms. The molecule has 0 aliphatic carbocycles. The highest BCUT2D eigenvalue weighted by Crippen LogP contribution is 2.13. The summed E-state index contributed by atoms with van der Waals surface area (Å²) in [6.45, 7) is 8.71. The van der Waals surface area contributed by atoms with Crippen LogP contribution in [0, 0.1) is 0 Å². The zero-order valence-corrected chi connectivity index (χ0v) is 10.7. The average molecular weight is 231 g/mol. The lowest BCUT2D eigenvalue weighted by Gasteiger charge is -2.32. The van der Waals surface area contributed by atoms with Gasteiger partial charge >= 0.3 is 12.1 Å². The minimum atomic E-state index is -0.354. The van der Waals surface area contributed by atoms with Crippen LogP contribution < -0.4 is 0 Å². The Balaban J connectivity index is 0.000000385. The first kappa shape index (κ1) is 14.7. The van der Waals surface area contributed by atoms with Crippen molar-refractivity contribution in [2.75, 3.05) is 20.2 Å². The molecule has 0 aromatic carbocycles. The third-order valence-electron chi connectivity index (χ3n) is 1.80. The molecule has 1 saturated heterocycles. The largest absolute Gasteiger partial charge is 0.469 e. The first-order valence-corrected chi connectivity index (χ1v) is 5.28. The number of carbonyl (C=O) groups is 2. The van der Waals surface area contributed by atoms with Gasteiger partial charge in [0, 0.05) is 20.0 Å². The molecule has 1 rings (SSSR count). The summed E-state index contributed by atoms with van der Waals surface area (Å²) in [5.74, 6) is -0.245. The van der Waals surface area contributed by atoms with Crippen molar-refractivity contribution in [2.24, 2.45) is 0 Å². The van der Waals surface area contributed by atoms with Crippen molar-refractivity contribution in [3.63, 3.8) is 0 Å². The molecule has 1 fully saturated rings. The van der Waals surface area contributed by atoms with Crippen LogP contribution in [0.25, 0.3) is 0 Å². The van der Waals surface area contributed by atoms with Gasteiger partial charge in [-0.25, -0.2) is 4.79 Å². The predicted octanol–water partition coefficient (Wildman–Crippen LogP) is 1.81. The molecule has 0 aromatic heterocycles. The van der Waals surface area contributed by atoms with Gasteiger partial charge in [-0.3, -0.25) is 4.79 Å². The SMILES string of the molecule is CC(C)(C)OC(=O)N1CCC1.COC(C)=O. The molecule has 1 aliphatic rings. The van der Waals surface area contributed by atoms with Crippen LogP contribution in [0.2, 0.25) is 0 Å². The van der Waals surface area contributed by atoms with Crippen molar-refractivity contribution in [1.82, 2.24) is 4.90 Å². The summed E-state index contributed by atoms with van der Waals surface area (Å²) >= 11 is 0. The molecular formula is C11H21NO4. The number of rotatable bonds is 0. The molecule has 94 valence electrons. The monoisotopic (exact) mass is 231 g/mol. The fraction of sp³-hybridized carbons (Fsp3) is 0.818. The van der Waals surface area contributed by atoms with Crippen molar-refractivity contribution in [1.29, 1.82) is 0 Å². The van der Waals surface area contributed by atoms with Gasteiger partial charge in [-0.2, -0.15) is 0 Å². The summed E-state index contributed by atoms with van der Waals surface area (Å²) in [5, 5.41) is 0. The third-order valence-corrected chi connectivity index (χ3v) is 1.80. The fourth-order valence-electron chi connectivity index (χ4n) is 0.825. The molecule has 5 nitrogen and oxygen atoms in total. The summed E-state index contributed by atoms with van der Waals surface area (Å²) in [6, 6.07) is 0. The molecule has 0 saturated carbocycles. The van der Waals surface area contributed by atoms with Crippen molar-refractivity contribution >= 4 is 12.1 Å². The molecule has 0 radical (unpaired) electrons. The van der Waals surface area contributed by atoms with E-state index >= 15 is 0 Å². The summed E-state index contributed by atoms with van der Waals surface area (Å²) in [6.07, 6.45) is 0.933. The van der Waals surface area contributed by atoms with Crippen LogP contribution in [0.15, 0.2) is 0 Å². The number of carbonyl (C=O) groups excluding carboxylic acids is 2. The first-order chi connectivity index (χ1) is 7.26. The van der Waals surface area contributed by atoms with Gasteiger partial charge in [0.2, 0.25) is 0 Å². The molecule has 1 heterocycles. The van der Waals surface area contributed by atoms with Crippen molar-refractivity contribution in [2.45, 2.75) is 39.7 Å². The first-order valence-electron chi connectivity index (χ1n) is 5.28. The molecular weight excluding hydrogens is 210 g/mol. The summed E-state index contributed by atoms with van der Waals surface area (Å²) in [7, 11) is 1.35. The molecule has 0 unspecified atom stereocenters. The van der Waals surface area contributed by atoms with Gasteiger partial charge in [-0.15, -0.1) is 0 Å². The van der Waals surface area contributed by atoms with Gasteiger partial charge in [-0.05, 0) is 27.2 Å². The number of methoxy groups -OCH3 is 1. The van der Waals surface area contributed by atoms with Gasteiger partial charge in [0.1, 0.15) is 5.60 Å².